The Labute approximate surface area is 255 Å². The van der Waals surface area contributed by atoms with Gasteiger partial charge in [-0.25, -0.2) is 4.79 Å². The molecule has 3 amide bonds. The molecule has 0 spiro atoms. The van der Waals surface area contributed by atoms with E-state index in [9.17, 15) is 33.9 Å². The highest BCUT2D eigenvalue weighted by Gasteiger charge is 2.28. The SMILES string of the molecule is CN[C@H](C(=O)O)C(C)C.NC(N)=NCCC[C@H](N)C(=O)NCC(=O)N[C@@H](CC(=O)O)C(=O)N[C@H](Cc1ccccc1)C(=O)O. The highest BCUT2D eigenvalue weighted by Crippen LogP contribution is 2.05. The first-order valence-electron chi connectivity index (χ1n) is 13.7. The van der Waals surface area contributed by atoms with Gasteiger partial charge in [0, 0.05) is 13.0 Å². The summed E-state index contributed by atoms with van der Waals surface area (Å²) in [5, 5.41) is 36.4. The maximum absolute atomic E-state index is 12.6. The number of likely N-dealkylation sites (N-methyl/N-ethyl adjacent to an activating group) is 1. The van der Waals surface area contributed by atoms with Gasteiger partial charge >= 0.3 is 17.9 Å². The van der Waals surface area contributed by atoms with Gasteiger partial charge in [0.25, 0.3) is 0 Å². The van der Waals surface area contributed by atoms with Gasteiger partial charge in [-0.15, -0.1) is 0 Å². The highest BCUT2D eigenvalue weighted by atomic mass is 16.4. The van der Waals surface area contributed by atoms with Crippen molar-refractivity contribution in [2.45, 2.75) is 63.7 Å². The molecule has 0 aliphatic heterocycles. The number of benzene rings is 1. The third-order valence-corrected chi connectivity index (χ3v) is 5.90. The number of carboxylic acids is 3. The standard InChI is InChI=1S/C21H31N7O7.C6H13NO2/c22-13(7-4-8-25-21(23)24)18(32)26-11-16(29)27-14(10-17(30)31)19(33)28-15(20(34)35)9-12-5-2-1-3-6-12;1-4(2)5(7-3)6(8)9/h1-3,5-6,13-15H,4,7-11,22H2,(H,26,32)(H,27,29)(H,28,33)(H,30,31)(H,34,35)(H4,23,24,25);4-5,7H,1-3H3,(H,8,9)/t13-,14-,15+;5-/m00/s1. The van der Waals surface area contributed by atoms with Gasteiger partial charge in [-0.1, -0.05) is 44.2 Å². The van der Waals surface area contributed by atoms with Gasteiger partial charge in [0.15, 0.2) is 5.96 Å². The third-order valence-electron chi connectivity index (χ3n) is 5.90. The van der Waals surface area contributed by atoms with Crippen molar-refractivity contribution in [1.82, 2.24) is 21.3 Å². The fourth-order valence-corrected chi connectivity index (χ4v) is 3.64. The molecule has 0 bridgehead atoms. The van der Waals surface area contributed by atoms with E-state index in [2.05, 4.69) is 26.3 Å². The van der Waals surface area contributed by atoms with Crippen molar-refractivity contribution >= 4 is 41.6 Å². The molecule has 0 fully saturated rings. The second kappa shape index (κ2) is 21.0. The average Bonchev–Trinajstić information content (AvgIpc) is 2.93. The van der Waals surface area contributed by atoms with Gasteiger partial charge in [0.05, 0.1) is 19.0 Å². The maximum Gasteiger partial charge on any atom is 0.326 e. The monoisotopic (exact) mass is 624 g/mol. The minimum atomic E-state index is -1.57. The molecule has 1 rings (SSSR count). The predicted molar refractivity (Wildman–Crippen MR) is 160 cm³/mol. The van der Waals surface area contributed by atoms with E-state index in [0.29, 0.717) is 12.0 Å². The number of hydrogen-bond acceptors (Lipinski definition) is 9. The fraction of sp³-hybridized carbons (Fsp3) is 0.519. The van der Waals surface area contributed by atoms with Gasteiger partial charge in [-0.2, -0.15) is 0 Å². The number of hydrogen-bond donors (Lipinski definition) is 10. The maximum atomic E-state index is 12.6. The molecule has 44 heavy (non-hydrogen) atoms. The summed E-state index contributed by atoms with van der Waals surface area (Å²) in [4.78, 5) is 73.6. The van der Waals surface area contributed by atoms with E-state index in [4.69, 9.17) is 27.4 Å². The van der Waals surface area contributed by atoms with Crippen LogP contribution in [0.4, 0.5) is 0 Å². The summed E-state index contributed by atoms with van der Waals surface area (Å²) in [7, 11) is 1.65. The quantitative estimate of drug-likeness (QED) is 0.0462. The Morgan fingerprint density at radius 1 is 0.886 bits per heavy atom. The van der Waals surface area contributed by atoms with Gasteiger partial charge in [0.2, 0.25) is 17.7 Å². The number of nitrogens with two attached hydrogens (primary N) is 3. The summed E-state index contributed by atoms with van der Waals surface area (Å²) >= 11 is 0. The minimum absolute atomic E-state index is 0.0488. The van der Waals surface area contributed by atoms with Gasteiger partial charge < -0.3 is 53.8 Å². The first-order valence-corrected chi connectivity index (χ1v) is 13.7. The molecule has 0 aromatic heterocycles. The molecule has 0 unspecified atom stereocenters. The normalized spacial score (nSPS) is 13.1. The van der Waals surface area contributed by atoms with Gasteiger partial charge in [0.1, 0.15) is 18.1 Å². The van der Waals surface area contributed by atoms with Crippen LogP contribution in [0.2, 0.25) is 0 Å². The van der Waals surface area contributed by atoms with E-state index in [1.54, 1.807) is 37.4 Å². The van der Waals surface area contributed by atoms with Crippen molar-refractivity contribution in [2.75, 3.05) is 20.1 Å². The summed E-state index contributed by atoms with van der Waals surface area (Å²) in [6.07, 6.45) is -0.181. The lowest BCUT2D eigenvalue weighted by molar-refractivity contribution is -0.143. The number of nitrogens with zero attached hydrogens (tertiary/aromatic N) is 1. The van der Waals surface area contributed by atoms with Crippen molar-refractivity contribution in [3.63, 3.8) is 0 Å². The highest BCUT2D eigenvalue weighted by molar-refractivity contribution is 5.94. The number of aliphatic carboxylic acids is 3. The van der Waals surface area contributed by atoms with Crippen molar-refractivity contribution in [3.05, 3.63) is 35.9 Å². The summed E-state index contributed by atoms with van der Waals surface area (Å²) in [5.74, 6) is -5.95. The summed E-state index contributed by atoms with van der Waals surface area (Å²) in [6, 6.07) is 4.22. The number of aliphatic imine (C=N–C) groups is 1. The zero-order valence-corrected chi connectivity index (χ0v) is 25.0. The molecule has 0 saturated heterocycles. The molecule has 0 radical (unpaired) electrons. The van der Waals surface area contributed by atoms with Crippen LogP contribution >= 0.6 is 0 Å². The van der Waals surface area contributed by atoms with E-state index in [-0.39, 0.29) is 31.3 Å². The molecule has 0 saturated carbocycles. The van der Waals surface area contributed by atoms with Crippen molar-refractivity contribution in [2.24, 2.45) is 28.1 Å². The Morgan fingerprint density at radius 2 is 1.50 bits per heavy atom. The first kappa shape index (κ1) is 39.2. The molecule has 0 aliphatic carbocycles. The molecule has 4 atom stereocenters. The van der Waals surface area contributed by atoms with Crippen molar-refractivity contribution in [3.8, 4) is 0 Å². The van der Waals surface area contributed by atoms with E-state index < -0.39 is 72.8 Å². The molecule has 17 heteroatoms. The number of rotatable bonds is 18. The first-order chi connectivity index (χ1) is 20.6. The summed E-state index contributed by atoms with van der Waals surface area (Å²) in [5.41, 5.74) is 16.8. The van der Waals surface area contributed by atoms with Crippen molar-refractivity contribution < 1.29 is 44.1 Å². The Kier molecular flexibility index (Phi) is 18.7. The lowest BCUT2D eigenvalue weighted by atomic mass is 10.1. The van der Waals surface area contributed by atoms with Gasteiger partial charge in [-0.3, -0.25) is 29.0 Å². The number of carbonyl (C=O) groups is 6. The molecule has 1 aromatic carbocycles. The van der Waals surface area contributed by atoms with Crippen LogP contribution in [0.15, 0.2) is 35.3 Å². The van der Waals surface area contributed by atoms with Crippen LogP contribution in [-0.4, -0.2) is 101 Å². The van der Waals surface area contributed by atoms with Gasteiger partial charge in [-0.05, 0) is 31.4 Å². The Balaban J connectivity index is 0.00000177. The number of nitrogens with one attached hydrogen (secondary N) is 4. The van der Waals surface area contributed by atoms with E-state index >= 15 is 0 Å². The summed E-state index contributed by atoms with van der Waals surface area (Å²) < 4.78 is 0. The zero-order chi connectivity index (χ0) is 33.8. The van der Waals surface area contributed by atoms with E-state index in [1.165, 1.54) is 0 Å². The molecule has 0 heterocycles. The number of guanidine groups is 1. The largest absolute Gasteiger partial charge is 0.481 e. The number of carboxylic acid groups (broad SMARTS) is 3. The predicted octanol–water partition coefficient (Wildman–Crippen LogP) is -2.43. The van der Waals surface area contributed by atoms with Crippen LogP contribution in [0.25, 0.3) is 0 Å². The van der Waals surface area contributed by atoms with Crippen LogP contribution in [-0.2, 0) is 35.2 Å². The molecule has 17 nitrogen and oxygen atoms in total. The molecule has 0 aliphatic rings. The smallest absolute Gasteiger partial charge is 0.326 e. The fourth-order valence-electron chi connectivity index (χ4n) is 3.64. The number of amides is 3. The van der Waals surface area contributed by atoms with E-state index in [1.807, 2.05) is 13.8 Å². The Morgan fingerprint density at radius 3 is 1.95 bits per heavy atom. The minimum Gasteiger partial charge on any atom is -0.481 e. The van der Waals surface area contributed by atoms with Crippen LogP contribution in [0, 0.1) is 5.92 Å². The topological polar surface area (TPSA) is 302 Å². The second-order valence-electron chi connectivity index (χ2n) is 9.93. The zero-order valence-electron chi connectivity index (χ0n) is 25.0. The molecule has 13 N–H and O–H groups in total. The molecular formula is C27H44N8O9. The average molecular weight is 625 g/mol. The molecular weight excluding hydrogens is 580 g/mol. The van der Waals surface area contributed by atoms with Crippen LogP contribution in [0.5, 0.6) is 0 Å². The van der Waals surface area contributed by atoms with Crippen LogP contribution in [0.3, 0.4) is 0 Å². The number of carbonyl (C=O) groups excluding carboxylic acids is 3. The second-order valence-corrected chi connectivity index (χ2v) is 9.93. The third kappa shape index (κ3) is 17.2. The lowest BCUT2D eigenvalue weighted by Crippen LogP contribution is -2.54. The molecule has 1 aromatic rings. The van der Waals surface area contributed by atoms with Crippen molar-refractivity contribution in [1.29, 1.82) is 0 Å². The summed E-state index contributed by atoms with van der Waals surface area (Å²) in [6.45, 7) is 3.44. The van der Waals surface area contributed by atoms with E-state index in [0.717, 1.165) is 0 Å². The van der Waals surface area contributed by atoms with Crippen LogP contribution in [0.1, 0.15) is 38.7 Å². The lowest BCUT2D eigenvalue weighted by Gasteiger charge is -2.21. The Bertz CT molecular complexity index is 1130. The van der Waals surface area contributed by atoms with Crippen LogP contribution < -0.4 is 38.5 Å². The molecule has 246 valence electrons. The Hall–Kier alpha value is -4.77.